The lowest BCUT2D eigenvalue weighted by Gasteiger charge is -2.15. The highest BCUT2D eigenvalue weighted by atomic mass is 16.4. The molecular formula is C26H29NO3. The van der Waals surface area contributed by atoms with E-state index in [0.29, 0.717) is 12.1 Å². The highest BCUT2D eigenvalue weighted by Crippen LogP contribution is 2.41. The van der Waals surface area contributed by atoms with Crippen molar-refractivity contribution in [2.24, 2.45) is 11.1 Å². The van der Waals surface area contributed by atoms with Crippen LogP contribution in [0.2, 0.25) is 0 Å². The van der Waals surface area contributed by atoms with E-state index in [1.807, 2.05) is 24.3 Å². The van der Waals surface area contributed by atoms with Crippen molar-refractivity contribution in [3.8, 4) is 0 Å². The molecular weight excluding hydrogens is 374 g/mol. The quantitative estimate of drug-likeness (QED) is 0.329. The van der Waals surface area contributed by atoms with Crippen LogP contribution >= 0.6 is 0 Å². The Morgan fingerprint density at radius 2 is 1.87 bits per heavy atom. The Morgan fingerprint density at radius 1 is 1.07 bits per heavy atom. The maximum atomic E-state index is 11.8. The fraction of sp³-hybridized carbons (Fsp3) is 0.385. The first-order chi connectivity index (χ1) is 14.7. The van der Waals surface area contributed by atoms with Gasteiger partial charge in [0, 0.05) is 6.42 Å². The third-order valence-corrected chi connectivity index (χ3v) is 6.52. The van der Waals surface area contributed by atoms with Gasteiger partial charge in [-0.1, -0.05) is 53.2 Å². The van der Waals surface area contributed by atoms with Crippen LogP contribution in [0.15, 0.2) is 59.3 Å². The summed E-state index contributed by atoms with van der Waals surface area (Å²) in [5, 5.41) is 22.9. The van der Waals surface area contributed by atoms with Gasteiger partial charge in [-0.3, -0.25) is 4.79 Å². The second-order valence-electron chi connectivity index (χ2n) is 8.50. The van der Waals surface area contributed by atoms with Crippen LogP contribution in [0, 0.1) is 5.92 Å². The predicted molar refractivity (Wildman–Crippen MR) is 119 cm³/mol. The number of oxime groups is 1. The average molecular weight is 404 g/mol. The highest BCUT2D eigenvalue weighted by molar-refractivity contribution is 6.02. The predicted octanol–water partition coefficient (Wildman–Crippen LogP) is 5.86. The Bertz CT molecular complexity index is 975. The van der Waals surface area contributed by atoms with Crippen molar-refractivity contribution >= 4 is 17.3 Å². The lowest BCUT2D eigenvalue weighted by atomic mass is 9.90. The molecule has 2 N–H and O–H groups in total. The molecule has 0 spiro atoms. The summed E-state index contributed by atoms with van der Waals surface area (Å²) in [6.07, 6.45) is 8.30. The van der Waals surface area contributed by atoms with Crippen LogP contribution in [0.1, 0.15) is 67.2 Å². The fourth-order valence-corrected chi connectivity index (χ4v) is 4.89. The first-order valence-electron chi connectivity index (χ1n) is 11.0. The Labute approximate surface area is 177 Å². The monoisotopic (exact) mass is 403 g/mol. The molecule has 4 rings (SSSR count). The molecule has 0 aromatic heterocycles. The SMILES string of the molecule is O=C(O)[C@@H](CCCc1ccccc1)CC(=NO)c1ccc2c(c1)CC1=C2CCCC1. The van der Waals surface area contributed by atoms with Crippen molar-refractivity contribution in [2.45, 2.75) is 57.8 Å². The van der Waals surface area contributed by atoms with Gasteiger partial charge in [-0.2, -0.15) is 0 Å². The van der Waals surface area contributed by atoms with Crippen LogP contribution in [-0.4, -0.2) is 22.0 Å². The molecule has 156 valence electrons. The number of allylic oxidation sites excluding steroid dienone is 2. The van der Waals surface area contributed by atoms with Gasteiger partial charge in [0.25, 0.3) is 0 Å². The van der Waals surface area contributed by atoms with Gasteiger partial charge >= 0.3 is 5.97 Å². The minimum absolute atomic E-state index is 0.243. The minimum Gasteiger partial charge on any atom is -0.481 e. The molecule has 2 aliphatic carbocycles. The van der Waals surface area contributed by atoms with Gasteiger partial charge in [0.1, 0.15) is 0 Å². The third-order valence-electron chi connectivity index (χ3n) is 6.52. The number of benzene rings is 2. The molecule has 0 saturated carbocycles. The summed E-state index contributed by atoms with van der Waals surface area (Å²) in [5.41, 5.74) is 8.21. The van der Waals surface area contributed by atoms with Crippen LogP contribution in [0.3, 0.4) is 0 Å². The molecule has 0 amide bonds. The van der Waals surface area contributed by atoms with Gasteiger partial charge in [-0.25, -0.2) is 0 Å². The second-order valence-corrected chi connectivity index (χ2v) is 8.50. The second kappa shape index (κ2) is 9.29. The van der Waals surface area contributed by atoms with Crippen LogP contribution in [-0.2, 0) is 17.6 Å². The molecule has 1 atom stereocenters. The summed E-state index contributed by atoms with van der Waals surface area (Å²) in [6.45, 7) is 0. The Morgan fingerprint density at radius 3 is 2.63 bits per heavy atom. The normalized spacial score (nSPS) is 16.9. The molecule has 4 heteroatoms. The molecule has 0 radical (unpaired) electrons. The number of fused-ring (bicyclic) bond motifs is 2. The van der Waals surface area contributed by atoms with E-state index in [1.165, 1.54) is 41.5 Å². The smallest absolute Gasteiger partial charge is 0.306 e. The number of nitrogens with zero attached hydrogens (tertiary/aromatic N) is 1. The average Bonchev–Trinajstić information content (AvgIpc) is 3.14. The number of carboxylic acids is 1. The zero-order valence-corrected chi connectivity index (χ0v) is 17.3. The summed E-state index contributed by atoms with van der Waals surface area (Å²) >= 11 is 0. The lowest BCUT2D eigenvalue weighted by Crippen LogP contribution is -2.19. The number of carboxylic acid groups (broad SMARTS) is 1. The molecule has 30 heavy (non-hydrogen) atoms. The molecule has 0 bridgehead atoms. The first-order valence-corrected chi connectivity index (χ1v) is 11.0. The van der Waals surface area contributed by atoms with Gasteiger partial charge in [0.15, 0.2) is 0 Å². The Kier molecular flexibility index (Phi) is 6.32. The van der Waals surface area contributed by atoms with Gasteiger partial charge in [-0.05, 0) is 85.3 Å². The molecule has 0 heterocycles. The van der Waals surface area contributed by atoms with Crippen LogP contribution in [0.4, 0.5) is 0 Å². The zero-order valence-electron chi connectivity index (χ0n) is 17.3. The van der Waals surface area contributed by atoms with Crippen molar-refractivity contribution in [1.82, 2.24) is 0 Å². The summed E-state index contributed by atoms with van der Waals surface area (Å²) in [5.74, 6) is -1.39. The number of aliphatic carboxylic acids is 1. The summed E-state index contributed by atoms with van der Waals surface area (Å²) < 4.78 is 0. The highest BCUT2D eigenvalue weighted by Gasteiger charge is 2.26. The van der Waals surface area contributed by atoms with Crippen molar-refractivity contribution in [1.29, 1.82) is 0 Å². The van der Waals surface area contributed by atoms with E-state index in [-0.39, 0.29) is 6.42 Å². The van der Waals surface area contributed by atoms with Gasteiger partial charge in [-0.15, -0.1) is 0 Å². The van der Waals surface area contributed by atoms with E-state index >= 15 is 0 Å². The Hall–Kier alpha value is -2.88. The summed E-state index contributed by atoms with van der Waals surface area (Å²) in [7, 11) is 0. The standard InChI is InChI=1S/C26H29NO3/c28-26(29)21(11-6-9-18-7-2-1-3-8-18)17-25(27-30)20-13-14-24-22(16-20)15-19-10-4-5-12-23(19)24/h1-3,7-8,13-14,16,21,30H,4-6,9-12,15,17H2,(H,28,29)/t21-/m0/s1. The minimum atomic E-state index is -0.831. The summed E-state index contributed by atoms with van der Waals surface area (Å²) in [4.78, 5) is 11.8. The third kappa shape index (κ3) is 4.48. The van der Waals surface area contributed by atoms with Crippen LogP contribution < -0.4 is 0 Å². The van der Waals surface area contributed by atoms with Crippen LogP contribution in [0.25, 0.3) is 5.57 Å². The van der Waals surface area contributed by atoms with E-state index in [2.05, 4.69) is 29.4 Å². The van der Waals surface area contributed by atoms with Gasteiger partial charge in [0.2, 0.25) is 0 Å². The topological polar surface area (TPSA) is 69.9 Å². The number of hydrogen-bond donors (Lipinski definition) is 2. The lowest BCUT2D eigenvalue weighted by molar-refractivity contribution is -0.141. The molecule has 2 aromatic rings. The molecule has 2 aliphatic rings. The Balaban J connectivity index is 1.42. The van der Waals surface area contributed by atoms with E-state index in [0.717, 1.165) is 31.2 Å². The first kappa shape index (κ1) is 20.4. The zero-order chi connectivity index (χ0) is 20.9. The molecule has 0 unspecified atom stereocenters. The van der Waals surface area contributed by atoms with Crippen molar-refractivity contribution in [2.75, 3.05) is 0 Å². The molecule has 4 nitrogen and oxygen atoms in total. The maximum absolute atomic E-state index is 11.8. The van der Waals surface area contributed by atoms with E-state index in [9.17, 15) is 15.1 Å². The molecule has 0 saturated heterocycles. The van der Waals surface area contributed by atoms with Crippen molar-refractivity contribution in [3.63, 3.8) is 0 Å². The largest absolute Gasteiger partial charge is 0.481 e. The fourth-order valence-electron chi connectivity index (χ4n) is 4.89. The van der Waals surface area contributed by atoms with Crippen molar-refractivity contribution < 1.29 is 15.1 Å². The number of carbonyl (C=O) groups is 1. The maximum Gasteiger partial charge on any atom is 0.306 e. The number of hydrogen-bond acceptors (Lipinski definition) is 3. The van der Waals surface area contributed by atoms with E-state index < -0.39 is 11.9 Å². The summed E-state index contributed by atoms with van der Waals surface area (Å²) in [6, 6.07) is 16.3. The van der Waals surface area contributed by atoms with E-state index in [1.54, 1.807) is 5.57 Å². The van der Waals surface area contributed by atoms with Crippen LogP contribution in [0.5, 0.6) is 0 Å². The van der Waals surface area contributed by atoms with E-state index in [4.69, 9.17) is 0 Å². The van der Waals surface area contributed by atoms with Gasteiger partial charge < -0.3 is 10.3 Å². The molecule has 0 fully saturated rings. The van der Waals surface area contributed by atoms with Gasteiger partial charge in [0.05, 0.1) is 11.6 Å². The number of aryl methyl sites for hydroxylation is 1. The number of rotatable bonds is 8. The van der Waals surface area contributed by atoms with Crippen molar-refractivity contribution in [3.05, 3.63) is 76.4 Å². The molecule has 0 aliphatic heterocycles. The molecule has 2 aromatic carbocycles.